The molecule has 1 fully saturated rings. The van der Waals surface area contributed by atoms with Crippen molar-refractivity contribution in [2.45, 2.75) is 39.2 Å². The number of rotatable bonds is 10. The molecule has 1 heterocycles. The second-order valence-corrected chi connectivity index (χ2v) is 9.19. The van der Waals surface area contributed by atoms with E-state index in [9.17, 15) is 9.90 Å². The normalized spacial score (nSPS) is 15.3. The van der Waals surface area contributed by atoms with Gasteiger partial charge in [-0.3, -0.25) is 4.79 Å². The van der Waals surface area contributed by atoms with Gasteiger partial charge in [-0.15, -0.1) is 0 Å². The van der Waals surface area contributed by atoms with Gasteiger partial charge in [-0.1, -0.05) is 61.5 Å². The summed E-state index contributed by atoms with van der Waals surface area (Å²) in [6, 6.07) is 26.1. The second-order valence-electron chi connectivity index (χ2n) is 9.19. The number of hydrogen-bond donors (Lipinski definition) is 1. The van der Waals surface area contributed by atoms with E-state index >= 15 is 0 Å². The Bertz CT molecular complexity index is 1150. The van der Waals surface area contributed by atoms with E-state index in [1.807, 2.05) is 42.5 Å². The van der Waals surface area contributed by atoms with Gasteiger partial charge in [-0.25, -0.2) is 0 Å². The lowest BCUT2D eigenvalue weighted by Gasteiger charge is -2.20. The van der Waals surface area contributed by atoms with Gasteiger partial charge in [0.25, 0.3) is 0 Å². The minimum absolute atomic E-state index is 0.278. The Balaban J connectivity index is 1.58. The molecule has 0 radical (unpaired) electrons. The largest absolute Gasteiger partial charge is 0.491 e. The summed E-state index contributed by atoms with van der Waals surface area (Å²) in [6.07, 6.45) is 2.77. The minimum atomic E-state index is -0.501. The molecule has 5 nitrogen and oxygen atoms in total. The van der Waals surface area contributed by atoms with Crippen LogP contribution in [0.3, 0.4) is 0 Å². The minimum Gasteiger partial charge on any atom is -0.491 e. The van der Waals surface area contributed by atoms with Gasteiger partial charge in [0.2, 0.25) is 0 Å². The molecule has 0 amide bonds. The lowest BCUT2D eigenvalue weighted by molar-refractivity contribution is -0.131. The first-order valence-electron chi connectivity index (χ1n) is 12.7. The van der Waals surface area contributed by atoms with E-state index in [1.165, 1.54) is 30.9 Å². The van der Waals surface area contributed by atoms with Crippen molar-refractivity contribution >= 4 is 17.1 Å². The monoisotopic (exact) mass is 485 g/mol. The lowest BCUT2D eigenvalue weighted by Crippen LogP contribution is -2.33. The Morgan fingerprint density at radius 1 is 0.861 bits per heavy atom. The Morgan fingerprint density at radius 3 is 2.00 bits per heavy atom. The van der Waals surface area contributed by atoms with Crippen molar-refractivity contribution < 1.29 is 19.4 Å². The molecule has 3 aromatic rings. The van der Waals surface area contributed by atoms with Crippen LogP contribution >= 0.6 is 0 Å². The smallest absolute Gasteiger partial charge is 0.308 e. The lowest BCUT2D eigenvalue weighted by atomic mass is 9.88. The Morgan fingerprint density at radius 2 is 1.44 bits per heavy atom. The van der Waals surface area contributed by atoms with Crippen LogP contribution in [0.2, 0.25) is 0 Å². The first-order chi connectivity index (χ1) is 17.5. The molecule has 0 aromatic heterocycles. The first kappa shape index (κ1) is 25.7. The number of aliphatic hydroxyl groups is 1. The third-order valence-electron chi connectivity index (χ3n) is 6.44. The van der Waals surface area contributed by atoms with E-state index in [1.54, 1.807) is 0 Å². The molecule has 0 spiro atoms. The predicted octanol–water partition coefficient (Wildman–Crippen LogP) is 5.82. The molecule has 1 aliphatic rings. The number of carbonyl (C=O) groups is 1. The van der Waals surface area contributed by atoms with E-state index in [0.717, 1.165) is 42.0 Å². The van der Waals surface area contributed by atoms with E-state index < -0.39 is 6.10 Å². The fourth-order valence-electron chi connectivity index (χ4n) is 4.76. The number of esters is 1. The van der Waals surface area contributed by atoms with Crippen LogP contribution in [0.1, 0.15) is 49.8 Å². The zero-order valence-electron chi connectivity index (χ0n) is 21.2. The molecular weight excluding hydrogens is 450 g/mol. The molecule has 0 bridgehead atoms. The maximum atomic E-state index is 11.3. The molecule has 0 aliphatic carbocycles. The third kappa shape index (κ3) is 6.84. The average molecular weight is 486 g/mol. The highest BCUT2D eigenvalue weighted by molar-refractivity contribution is 5.98. The number of hydrogen-bond acceptors (Lipinski definition) is 5. The van der Waals surface area contributed by atoms with Gasteiger partial charge >= 0.3 is 5.97 Å². The molecule has 36 heavy (non-hydrogen) atoms. The maximum Gasteiger partial charge on any atom is 0.308 e. The van der Waals surface area contributed by atoms with Gasteiger partial charge in [-0.05, 0) is 84.5 Å². The molecule has 1 unspecified atom stereocenters. The predicted molar refractivity (Wildman–Crippen MR) is 144 cm³/mol. The molecule has 1 atom stereocenters. The molecule has 1 aliphatic heterocycles. The number of nitrogens with zero attached hydrogens (tertiary/aromatic N) is 1. The first-order valence-corrected chi connectivity index (χ1v) is 12.7. The quantitative estimate of drug-likeness (QED) is 0.223. The number of benzene rings is 3. The number of carbonyl (C=O) groups excluding carboxylic acids is 1. The van der Waals surface area contributed by atoms with Crippen molar-refractivity contribution in [1.29, 1.82) is 0 Å². The number of aliphatic hydroxyl groups excluding tert-OH is 1. The van der Waals surface area contributed by atoms with Gasteiger partial charge in [-0.2, -0.15) is 0 Å². The standard InChI is InChI=1S/C31H35NO4/c1-3-30(24-9-5-4-6-10-24)31(26-13-17-29(18-14-26)36-23(2)33)25-11-15-28(16-12-25)35-22-27(34)21-32-19-7-8-20-32/h4-6,9-18,27,34H,3,7-8,19-22H2,1-2H3/b31-30+. The van der Waals surface area contributed by atoms with E-state index in [-0.39, 0.29) is 12.6 Å². The van der Waals surface area contributed by atoms with Gasteiger partial charge in [0.05, 0.1) is 0 Å². The van der Waals surface area contributed by atoms with E-state index in [2.05, 4.69) is 48.2 Å². The fraction of sp³-hybridized carbons (Fsp3) is 0.323. The van der Waals surface area contributed by atoms with Crippen LogP contribution in [-0.4, -0.2) is 48.3 Å². The van der Waals surface area contributed by atoms with Crippen molar-refractivity contribution in [3.8, 4) is 11.5 Å². The fourth-order valence-corrected chi connectivity index (χ4v) is 4.76. The van der Waals surface area contributed by atoms with E-state index in [0.29, 0.717) is 12.3 Å². The summed E-state index contributed by atoms with van der Waals surface area (Å²) in [5.74, 6) is 0.930. The van der Waals surface area contributed by atoms with Gasteiger partial charge < -0.3 is 19.5 Å². The molecule has 188 valence electrons. The number of β-amino-alcohol motifs (C(OH)–C–C–N with tert-alkyl or cyclic N) is 1. The summed E-state index contributed by atoms with van der Waals surface area (Å²) in [5, 5.41) is 10.4. The third-order valence-corrected chi connectivity index (χ3v) is 6.44. The van der Waals surface area contributed by atoms with Crippen molar-refractivity contribution in [2.24, 2.45) is 0 Å². The Kier molecular flexibility index (Phi) is 8.93. The second kappa shape index (κ2) is 12.5. The number of ether oxygens (including phenoxy) is 2. The number of likely N-dealkylation sites (tertiary alicyclic amines) is 1. The molecule has 4 rings (SSSR count). The molecule has 1 saturated heterocycles. The summed E-state index contributed by atoms with van der Waals surface area (Å²) < 4.78 is 11.1. The highest BCUT2D eigenvalue weighted by Gasteiger charge is 2.17. The highest BCUT2D eigenvalue weighted by atomic mass is 16.5. The summed E-state index contributed by atoms with van der Waals surface area (Å²) in [7, 11) is 0. The topological polar surface area (TPSA) is 59.0 Å². The van der Waals surface area contributed by atoms with Crippen molar-refractivity contribution in [1.82, 2.24) is 4.90 Å². The summed E-state index contributed by atoms with van der Waals surface area (Å²) in [4.78, 5) is 13.6. The van der Waals surface area contributed by atoms with Crippen LogP contribution in [0, 0.1) is 0 Å². The van der Waals surface area contributed by atoms with Crippen LogP contribution in [0.25, 0.3) is 11.1 Å². The van der Waals surface area contributed by atoms with Crippen molar-refractivity contribution in [3.63, 3.8) is 0 Å². The van der Waals surface area contributed by atoms with Crippen LogP contribution in [0.5, 0.6) is 11.5 Å². The summed E-state index contributed by atoms with van der Waals surface area (Å²) in [5.41, 5.74) is 5.64. The van der Waals surface area contributed by atoms with Gasteiger partial charge in [0, 0.05) is 13.5 Å². The molecule has 1 N–H and O–H groups in total. The molecule has 3 aromatic carbocycles. The van der Waals surface area contributed by atoms with Crippen LogP contribution < -0.4 is 9.47 Å². The Labute approximate surface area is 214 Å². The van der Waals surface area contributed by atoms with Crippen molar-refractivity contribution in [3.05, 3.63) is 95.6 Å². The number of allylic oxidation sites excluding steroid dienone is 1. The summed E-state index contributed by atoms with van der Waals surface area (Å²) in [6.45, 7) is 6.62. The van der Waals surface area contributed by atoms with Crippen LogP contribution in [-0.2, 0) is 4.79 Å². The van der Waals surface area contributed by atoms with Crippen molar-refractivity contribution in [2.75, 3.05) is 26.2 Å². The summed E-state index contributed by atoms with van der Waals surface area (Å²) >= 11 is 0. The van der Waals surface area contributed by atoms with E-state index in [4.69, 9.17) is 9.47 Å². The molecule has 0 saturated carbocycles. The average Bonchev–Trinajstić information content (AvgIpc) is 3.40. The van der Waals surface area contributed by atoms with Crippen LogP contribution in [0.15, 0.2) is 78.9 Å². The zero-order chi connectivity index (χ0) is 25.3. The Hall–Kier alpha value is -3.41. The molecular formula is C31H35NO4. The molecule has 5 heteroatoms. The SMILES string of the molecule is CC/C(=C(/c1ccc(OCC(O)CN2CCCC2)cc1)c1ccc(OC(C)=O)cc1)c1ccccc1. The maximum absolute atomic E-state index is 11.3. The van der Waals surface area contributed by atoms with Crippen LogP contribution in [0.4, 0.5) is 0 Å². The van der Waals surface area contributed by atoms with Gasteiger partial charge in [0.1, 0.15) is 24.2 Å². The zero-order valence-corrected chi connectivity index (χ0v) is 21.2. The highest BCUT2D eigenvalue weighted by Crippen LogP contribution is 2.35. The van der Waals surface area contributed by atoms with Gasteiger partial charge in [0.15, 0.2) is 0 Å².